The zero-order valence-electron chi connectivity index (χ0n) is 16.9. The molecule has 0 bridgehead atoms. The Balaban J connectivity index is 1.80. The van der Waals surface area contributed by atoms with E-state index in [1.807, 2.05) is 0 Å². The summed E-state index contributed by atoms with van der Waals surface area (Å²) in [6, 6.07) is 8.89. The van der Waals surface area contributed by atoms with Crippen molar-refractivity contribution in [3.05, 3.63) is 71.0 Å². The second-order valence-electron chi connectivity index (χ2n) is 7.24. The number of aliphatic hydroxyl groups is 1. The number of alkyl halides is 3. The van der Waals surface area contributed by atoms with Crippen LogP contribution in [0.1, 0.15) is 13.8 Å². The standard InChI is InChI=1S/C21H18F4N2O4S/c1-20(2,29)12-30-17-8-3-13(11-16(17)22)27-10-9-26-18(19(27)28)32-15-6-4-14(5-7-15)31-21(23,24)25/h3-11,29H,12H2,1-2H3. The summed E-state index contributed by atoms with van der Waals surface area (Å²) in [7, 11) is 0. The summed E-state index contributed by atoms with van der Waals surface area (Å²) in [4.78, 5) is 17.3. The quantitative estimate of drug-likeness (QED) is 0.510. The van der Waals surface area contributed by atoms with Gasteiger partial charge in [0.2, 0.25) is 0 Å². The fourth-order valence-electron chi connectivity index (χ4n) is 2.50. The monoisotopic (exact) mass is 470 g/mol. The van der Waals surface area contributed by atoms with Gasteiger partial charge in [-0.2, -0.15) is 0 Å². The van der Waals surface area contributed by atoms with Crippen molar-refractivity contribution in [3.63, 3.8) is 0 Å². The maximum atomic E-state index is 14.4. The van der Waals surface area contributed by atoms with Crippen molar-refractivity contribution in [3.8, 4) is 17.2 Å². The molecule has 0 saturated carbocycles. The van der Waals surface area contributed by atoms with E-state index < -0.39 is 23.3 Å². The molecular weight excluding hydrogens is 452 g/mol. The summed E-state index contributed by atoms with van der Waals surface area (Å²) in [6.45, 7) is 2.92. The number of ether oxygens (including phenoxy) is 2. The van der Waals surface area contributed by atoms with E-state index in [-0.39, 0.29) is 28.8 Å². The number of nitrogens with zero attached hydrogens (tertiary/aromatic N) is 2. The first-order valence-electron chi connectivity index (χ1n) is 9.18. The molecule has 0 aliphatic carbocycles. The molecule has 1 N–H and O–H groups in total. The minimum atomic E-state index is -4.80. The number of hydrogen-bond acceptors (Lipinski definition) is 6. The van der Waals surface area contributed by atoms with Crippen LogP contribution >= 0.6 is 11.8 Å². The molecule has 170 valence electrons. The van der Waals surface area contributed by atoms with Gasteiger partial charge in [-0.15, -0.1) is 13.2 Å². The van der Waals surface area contributed by atoms with E-state index in [9.17, 15) is 27.5 Å². The third kappa shape index (κ3) is 6.47. The van der Waals surface area contributed by atoms with Gasteiger partial charge in [0, 0.05) is 23.4 Å². The first kappa shape index (κ1) is 23.6. The van der Waals surface area contributed by atoms with Crippen molar-refractivity contribution >= 4 is 11.8 Å². The van der Waals surface area contributed by atoms with Gasteiger partial charge in [-0.1, -0.05) is 11.8 Å². The van der Waals surface area contributed by atoms with E-state index in [1.165, 1.54) is 55.1 Å². The van der Waals surface area contributed by atoms with Crippen LogP contribution in [0.15, 0.2) is 69.6 Å². The number of benzene rings is 2. The Morgan fingerprint density at radius 2 is 1.81 bits per heavy atom. The molecule has 6 nitrogen and oxygen atoms in total. The number of rotatable bonds is 7. The van der Waals surface area contributed by atoms with E-state index in [0.717, 1.165) is 30.0 Å². The SMILES string of the molecule is CC(C)(O)COc1ccc(-n2ccnc(Sc3ccc(OC(F)(F)F)cc3)c2=O)cc1F. The molecule has 3 rings (SSSR count). The largest absolute Gasteiger partial charge is 0.573 e. The van der Waals surface area contributed by atoms with Gasteiger partial charge < -0.3 is 14.6 Å². The summed E-state index contributed by atoms with van der Waals surface area (Å²) in [5, 5.41) is 9.74. The van der Waals surface area contributed by atoms with Crippen LogP contribution in [-0.4, -0.2) is 33.2 Å². The van der Waals surface area contributed by atoms with E-state index in [0.29, 0.717) is 4.90 Å². The fraction of sp³-hybridized carbons (Fsp3) is 0.238. The van der Waals surface area contributed by atoms with Crippen molar-refractivity contribution < 1.29 is 32.1 Å². The van der Waals surface area contributed by atoms with Crippen molar-refractivity contribution in [2.75, 3.05) is 6.61 Å². The summed E-state index contributed by atoms with van der Waals surface area (Å²) in [5.74, 6) is -1.18. The van der Waals surface area contributed by atoms with Gasteiger partial charge in [0.1, 0.15) is 12.4 Å². The van der Waals surface area contributed by atoms with E-state index in [4.69, 9.17) is 4.74 Å². The van der Waals surface area contributed by atoms with Crippen LogP contribution < -0.4 is 15.0 Å². The molecule has 0 unspecified atom stereocenters. The molecule has 0 atom stereocenters. The van der Waals surface area contributed by atoms with Crippen molar-refractivity contribution in [2.45, 2.75) is 35.7 Å². The minimum absolute atomic E-state index is 0.0414. The lowest BCUT2D eigenvalue weighted by Crippen LogP contribution is -2.28. The molecule has 11 heteroatoms. The molecule has 32 heavy (non-hydrogen) atoms. The van der Waals surface area contributed by atoms with Crippen molar-refractivity contribution in [1.82, 2.24) is 9.55 Å². The normalized spacial score (nSPS) is 12.0. The molecule has 1 aromatic heterocycles. The zero-order chi connectivity index (χ0) is 23.5. The lowest BCUT2D eigenvalue weighted by Gasteiger charge is -2.18. The highest BCUT2D eigenvalue weighted by molar-refractivity contribution is 7.99. The van der Waals surface area contributed by atoms with E-state index in [1.54, 1.807) is 0 Å². The van der Waals surface area contributed by atoms with E-state index in [2.05, 4.69) is 9.72 Å². The second-order valence-corrected chi connectivity index (χ2v) is 8.31. The van der Waals surface area contributed by atoms with Crippen LogP contribution in [0, 0.1) is 5.82 Å². The molecule has 0 amide bonds. The van der Waals surface area contributed by atoms with Crippen LogP contribution in [0.2, 0.25) is 0 Å². The van der Waals surface area contributed by atoms with Gasteiger partial charge in [-0.3, -0.25) is 9.36 Å². The molecule has 0 aliphatic heterocycles. The lowest BCUT2D eigenvalue weighted by molar-refractivity contribution is -0.274. The Morgan fingerprint density at radius 3 is 2.41 bits per heavy atom. The second kappa shape index (κ2) is 9.21. The lowest BCUT2D eigenvalue weighted by atomic mass is 10.2. The smallest absolute Gasteiger partial charge is 0.488 e. The van der Waals surface area contributed by atoms with Gasteiger partial charge in [0.15, 0.2) is 16.6 Å². The Morgan fingerprint density at radius 1 is 1.12 bits per heavy atom. The molecule has 0 saturated heterocycles. The molecule has 0 fully saturated rings. The van der Waals surface area contributed by atoms with Gasteiger partial charge in [-0.25, -0.2) is 9.37 Å². The first-order chi connectivity index (χ1) is 14.9. The summed E-state index contributed by atoms with van der Waals surface area (Å²) in [5.41, 5.74) is -1.46. The van der Waals surface area contributed by atoms with Crippen molar-refractivity contribution in [2.24, 2.45) is 0 Å². The molecule has 0 radical (unpaired) electrons. The van der Waals surface area contributed by atoms with Crippen LogP contribution in [0.4, 0.5) is 17.6 Å². The Labute approximate surface area is 184 Å². The minimum Gasteiger partial charge on any atom is -0.488 e. The molecule has 3 aromatic rings. The third-order valence-corrected chi connectivity index (χ3v) is 4.84. The number of hydrogen-bond donors (Lipinski definition) is 1. The molecule has 2 aromatic carbocycles. The first-order valence-corrected chi connectivity index (χ1v) is 9.99. The Bertz CT molecular complexity index is 1140. The average Bonchev–Trinajstić information content (AvgIpc) is 2.68. The van der Waals surface area contributed by atoms with Gasteiger partial charge >= 0.3 is 6.36 Å². The predicted molar refractivity (Wildman–Crippen MR) is 109 cm³/mol. The highest BCUT2D eigenvalue weighted by atomic mass is 32.2. The topological polar surface area (TPSA) is 73.6 Å². The number of aromatic nitrogens is 2. The molecule has 0 aliphatic rings. The molecular formula is C21H18F4N2O4S. The van der Waals surface area contributed by atoms with Crippen LogP contribution in [-0.2, 0) is 0 Å². The van der Waals surface area contributed by atoms with Crippen LogP contribution in [0.3, 0.4) is 0 Å². The molecule has 0 spiro atoms. The Kier molecular flexibility index (Phi) is 6.79. The van der Waals surface area contributed by atoms with Gasteiger partial charge in [-0.05, 0) is 50.2 Å². The fourth-order valence-corrected chi connectivity index (χ4v) is 3.29. The Hall–Kier alpha value is -3.05. The molecule has 1 heterocycles. The maximum absolute atomic E-state index is 14.4. The van der Waals surface area contributed by atoms with Gasteiger partial charge in [0.25, 0.3) is 5.56 Å². The third-order valence-electron chi connectivity index (χ3n) is 3.86. The summed E-state index contributed by atoms with van der Waals surface area (Å²) < 4.78 is 61.5. The summed E-state index contributed by atoms with van der Waals surface area (Å²) >= 11 is 0.940. The van der Waals surface area contributed by atoms with E-state index >= 15 is 0 Å². The highest BCUT2D eigenvalue weighted by Gasteiger charge is 2.31. The number of halogens is 4. The van der Waals surface area contributed by atoms with Crippen molar-refractivity contribution in [1.29, 1.82) is 0 Å². The van der Waals surface area contributed by atoms with Crippen LogP contribution in [0.5, 0.6) is 11.5 Å². The van der Waals surface area contributed by atoms with Gasteiger partial charge in [0.05, 0.1) is 11.3 Å². The zero-order valence-corrected chi connectivity index (χ0v) is 17.7. The highest BCUT2D eigenvalue weighted by Crippen LogP contribution is 2.28. The maximum Gasteiger partial charge on any atom is 0.573 e. The summed E-state index contributed by atoms with van der Waals surface area (Å²) in [6.07, 6.45) is -2.09. The predicted octanol–water partition coefficient (Wildman–Crippen LogP) is 4.57. The van der Waals surface area contributed by atoms with Crippen LogP contribution in [0.25, 0.3) is 5.69 Å². The average molecular weight is 470 g/mol.